The van der Waals surface area contributed by atoms with E-state index >= 15 is 0 Å². The number of carbonyl (C=O) groups is 1. The fraction of sp³-hybridized carbons (Fsp3) is 0.533. The Hall–Kier alpha value is -0.780. The minimum Gasteiger partial charge on any atom is -0.492 e. The number of carbonyl (C=O) groups excluding carboxylic acids is 1. The summed E-state index contributed by atoms with van der Waals surface area (Å²) in [6.45, 7) is 5.29. The Kier molecular flexibility index (Phi) is 9.66. The summed E-state index contributed by atoms with van der Waals surface area (Å²) in [6, 6.07) is 7.60. The summed E-state index contributed by atoms with van der Waals surface area (Å²) in [5, 5.41) is 2.90. The minimum atomic E-state index is -0.447. The van der Waals surface area contributed by atoms with Crippen LogP contribution in [0, 0.1) is 5.41 Å². The average molecular weight is 380 g/mol. The van der Waals surface area contributed by atoms with Crippen molar-refractivity contribution in [2.24, 2.45) is 11.1 Å². The van der Waals surface area contributed by atoms with E-state index in [0.717, 1.165) is 23.1 Å². The van der Waals surface area contributed by atoms with Gasteiger partial charge in [0.05, 0.1) is 12.0 Å². The van der Waals surface area contributed by atoms with Crippen molar-refractivity contribution in [2.75, 3.05) is 19.7 Å². The third-order valence-corrected chi connectivity index (χ3v) is 4.22. The molecule has 0 saturated carbocycles. The summed E-state index contributed by atoms with van der Waals surface area (Å²) in [4.78, 5) is 12.2. The van der Waals surface area contributed by atoms with Crippen LogP contribution in [0.3, 0.4) is 0 Å². The highest BCUT2D eigenvalue weighted by Crippen LogP contribution is 2.24. The van der Waals surface area contributed by atoms with E-state index in [2.05, 4.69) is 21.2 Å². The quantitative estimate of drug-likeness (QED) is 0.682. The van der Waals surface area contributed by atoms with Crippen molar-refractivity contribution in [1.82, 2.24) is 5.32 Å². The highest BCUT2D eigenvalue weighted by molar-refractivity contribution is 9.10. The van der Waals surface area contributed by atoms with E-state index in [-0.39, 0.29) is 18.3 Å². The van der Waals surface area contributed by atoms with Crippen LogP contribution < -0.4 is 15.8 Å². The molecule has 1 aromatic rings. The van der Waals surface area contributed by atoms with Crippen LogP contribution in [0.2, 0.25) is 0 Å². The van der Waals surface area contributed by atoms with Crippen LogP contribution in [0.5, 0.6) is 5.75 Å². The molecule has 120 valence electrons. The van der Waals surface area contributed by atoms with E-state index in [4.69, 9.17) is 10.5 Å². The fourth-order valence-electron chi connectivity index (χ4n) is 2.00. The monoisotopic (exact) mass is 378 g/mol. The van der Waals surface area contributed by atoms with Gasteiger partial charge in [0.2, 0.25) is 5.91 Å². The molecule has 3 N–H and O–H groups in total. The number of halogens is 2. The molecule has 0 radical (unpaired) electrons. The maximum atomic E-state index is 12.2. The molecule has 1 amide bonds. The van der Waals surface area contributed by atoms with E-state index in [1.165, 1.54) is 0 Å². The van der Waals surface area contributed by atoms with Crippen molar-refractivity contribution >= 4 is 34.2 Å². The third kappa shape index (κ3) is 5.85. The van der Waals surface area contributed by atoms with Crippen LogP contribution >= 0.6 is 28.3 Å². The second-order valence-corrected chi connectivity index (χ2v) is 5.67. The first-order valence-corrected chi connectivity index (χ1v) is 7.74. The van der Waals surface area contributed by atoms with Crippen molar-refractivity contribution in [3.63, 3.8) is 0 Å². The molecule has 0 aromatic heterocycles. The predicted octanol–water partition coefficient (Wildman–Crippen LogP) is 3.13. The molecule has 6 heteroatoms. The fourth-order valence-corrected chi connectivity index (χ4v) is 2.27. The van der Waals surface area contributed by atoms with Gasteiger partial charge in [0.25, 0.3) is 0 Å². The molecule has 0 aliphatic carbocycles. The maximum absolute atomic E-state index is 12.2. The predicted molar refractivity (Wildman–Crippen MR) is 92.0 cm³/mol. The Labute approximate surface area is 141 Å². The second kappa shape index (κ2) is 10.0. The Morgan fingerprint density at radius 2 is 1.86 bits per heavy atom. The van der Waals surface area contributed by atoms with Crippen molar-refractivity contribution in [3.05, 3.63) is 28.7 Å². The van der Waals surface area contributed by atoms with Gasteiger partial charge in [0, 0.05) is 11.0 Å². The summed E-state index contributed by atoms with van der Waals surface area (Å²) in [5.74, 6) is 0.808. The lowest BCUT2D eigenvalue weighted by molar-refractivity contribution is -0.131. The summed E-state index contributed by atoms with van der Waals surface area (Å²) < 4.78 is 6.57. The lowest BCUT2D eigenvalue weighted by Gasteiger charge is -2.28. The summed E-state index contributed by atoms with van der Waals surface area (Å²) in [6.07, 6.45) is 1.50. The zero-order valence-electron chi connectivity index (χ0n) is 12.5. The highest BCUT2D eigenvalue weighted by atomic mass is 79.9. The molecule has 0 spiro atoms. The molecule has 0 heterocycles. The van der Waals surface area contributed by atoms with Crippen LogP contribution in [0.15, 0.2) is 28.7 Å². The lowest BCUT2D eigenvalue weighted by atomic mass is 9.81. The Morgan fingerprint density at radius 3 is 2.33 bits per heavy atom. The molecule has 0 saturated heterocycles. The largest absolute Gasteiger partial charge is 0.492 e. The van der Waals surface area contributed by atoms with E-state index in [0.29, 0.717) is 19.7 Å². The van der Waals surface area contributed by atoms with Crippen molar-refractivity contribution in [2.45, 2.75) is 26.7 Å². The van der Waals surface area contributed by atoms with E-state index < -0.39 is 5.41 Å². The van der Waals surface area contributed by atoms with Gasteiger partial charge in [0.1, 0.15) is 12.4 Å². The van der Waals surface area contributed by atoms with Crippen molar-refractivity contribution < 1.29 is 9.53 Å². The summed E-state index contributed by atoms with van der Waals surface area (Å²) in [5.41, 5.74) is 5.30. The molecular weight excluding hydrogens is 356 g/mol. The van der Waals surface area contributed by atoms with Gasteiger partial charge in [-0.3, -0.25) is 4.79 Å². The molecule has 0 bridgehead atoms. The van der Waals surface area contributed by atoms with E-state index in [1.54, 1.807) is 0 Å². The van der Waals surface area contributed by atoms with Crippen LogP contribution in [0.4, 0.5) is 0 Å². The summed E-state index contributed by atoms with van der Waals surface area (Å²) >= 11 is 3.37. The number of hydrogen-bond acceptors (Lipinski definition) is 3. The molecule has 0 fully saturated rings. The van der Waals surface area contributed by atoms with Gasteiger partial charge in [-0.05, 0) is 37.1 Å². The van der Waals surface area contributed by atoms with Gasteiger partial charge in [0.15, 0.2) is 0 Å². The van der Waals surface area contributed by atoms with Crippen molar-refractivity contribution in [1.29, 1.82) is 0 Å². The SMILES string of the molecule is CCC(CC)(CN)C(=O)NCCOc1ccc(Br)cc1.Cl. The molecule has 1 rings (SSSR count). The van der Waals surface area contributed by atoms with Gasteiger partial charge in [-0.2, -0.15) is 0 Å². The molecule has 0 aliphatic rings. The molecule has 1 aromatic carbocycles. The smallest absolute Gasteiger partial charge is 0.227 e. The molecule has 0 unspecified atom stereocenters. The Bertz CT molecular complexity index is 414. The number of hydrogen-bond donors (Lipinski definition) is 2. The number of nitrogens with one attached hydrogen (secondary N) is 1. The van der Waals surface area contributed by atoms with Crippen LogP contribution in [0.25, 0.3) is 0 Å². The average Bonchev–Trinajstić information content (AvgIpc) is 2.48. The zero-order chi connectivity index (χ0) is 15.0. The molecule has 0 atom stereocenters. The normalized spacial score (nSPS) is 10.7. The third-order valence-electron chi connectivity index (χ3n) is 3.70. The van der Waals surface area contributed by atoms with Crippen LogP contribution in [-0.2, 0) is 4.79 Å². The van der Waals surface area contributed by atoms with Gasteiger partial charge in [-0.25, -0.2) is 0 Å². The van der Waals surface area contributed by atoms with Gasteiger partial charge >= 0.3 is 0 Å². The number of rotatable bonds is 8. The van der Waals surface area contributed by atoms with Crippen LogP contribution in [-0.4, -0.2) is 25.6 Å². The number of nitrogens with two attached hydrogens (primary N) is 1. The first-order chi connectivity index (χ1) is 9.57. The molecule has 0 aliphatic heterocycles. The van der Waals surface area contributed by atoms with E-state index in [9.17, 15) is 4.79 Å². The minimum absolute atomic E-state index is 0. The second-order valence-electron chi connectivity index (χ2n) is 4.75. The highest BCUT2D eigenvalue weighted by Gasteiger charge is 2.32. The number of amides is 1. The van der Waals surface area contributed by atoms with Gasteiger partial charge < -0.3 is 15.8 Å². The Balaban J connectivity index is 0.00000400. The first kappa shape index (κ1) is 20.2. The molecular formula is C15H24BrClN2O2. The molecule has 4 nitrogen and oxygen atoms in total. The van der Waals surface area contributed by atoms with Crippen LogP contribution in [0.1, 0.15) is 26.7 Å². The number of ether oxygens (including phenoxy) is 1. The zero-order valence-corrected chi connectivity index (χ0v) is 14.9. The molecule has 21 heavy (non-hydrogen) atoms. The Morgan fingerprint density at radius 1 is 1.29 bits per heavy atom. The van der Waals surface area contributed by atoms with Gasteiger partial charge in [-0.1, -0.05) is 29.8 Å². The summed E-state index contributed by atoms with van der Waals surface area (Å²) in [7, 11) is 0. The van der Waals surface area contributed by atoms with Gasteiger partial charge in [-0.15, -0.1) is 12.4 Å². The topological polar surface area (TPSA) is 64.4 Å². The lowest BCUT2D eigenvalue weighted by Crippen LogP contribution is -2.46. The van der Waals surface area contributed by atoms with Crippen molar-refractivity contribution in [3.8, 4) is 5.75 Å². The maximum Gasteiger partial charge on any atom is 0.227 e. The van der Waals surface area contributed by atoms with E-state index in [1.807, 2.05) is 38.1 Å². The standard InChI is InChI=1S/C15H23BrN2O2.ClH/c1-3-15(4-2,11-17)14(19)18-9-10-20-13-7-5-12(16)6-8-13;/h5-8H,3-4,9-11,17H2,1-2H3,(H,18,19);1H. The first-order valence-electron chi connectivity index (χ1n) is 6.94. The number of benzene rings is 1.